The Balaban J connectivity index is 1.46. The minimum Gasteiger partial charge on any atom is -0.487 e. The number of hydrogen-bond donors (Lipinski definition) is 0. The second-order valence-electron chi connectivity index (χ2n) is 6.80. The minimum absolute atomic E-state index is 0.0864. The van der Waals surface area contributed by atoms with Crippen molar-refractivity contribution < 1.29 is 13.9 Å². The van der Waals surface area contributed by atoms with Gasteiger partial charge in [-0.3, -0.25) is 9.69 Å². The number of ether oxygens (including phenoxy) is 1. The molecule has 0 aliphatic carbocycles. The lowest BCUT2D eigenvalue weighted by molar-refractivity contribution is -0.115. The van der Waals surface area contributed by atoms with E-state index in [2.05, 4.69) is 15.2 Å². The Bertz CT molecular complexity index is 1150. The van der Waals surface area contributed by atoms with E-state index in [4.69, 9.17) is 9.15 Å². The van der Waals surface area contributed by atoms with Crippen molar-refractivity contribution >= 4 is 28.1 Å². The summed E-state index contributed by atoms with van der Waals surface area (Å²) >= 11 is 1.41. The molecule has 30 heavy (non-hydrogen) atoms. The van der Waals surface area contributed by atoms with Gasteiger partial charge in [-0.25, -0.2) is 4.98 Å². The number of anilines is 2. The molecule has 0 fully saturated rings. The Morgan fingerprint density at radius 3 is 2.60 bits per heavy atom. The smallest absolute Gasteiger partial charge is 0.247 e. The normalized spacial score (nSPS) is 10.8. The molecule has 4 aromatic rings. The highest BCUT2D eigenvalue weighted by Crippen LogP contribution is 2.30. The molecule has 7 nitrogen and oxygen atoms in total. The quantitative estimate of drug-likeness (QED) is 0.433. The summed E-state index contributed by atoms with van der Waals surface area (Å²) in [5.41, 5.74) is 4.69. The number of amides is 1. The van der Waals surface area contributed by atoms with Crippen LogP contribution in [0.5, 0.6) is 5.75 Å². The number of aryl methyl sites for hydroxylation is 2. The van der Waals surface area contributed by atoms with E-state index in [-0.39, 0.29) is 5.91 Å². The maximum atomic E-state index is 12.3. The van der Waals surface area contributed by atoms with E-state index < -0.39 is 0 Å². The van der Waals surface area contributed by atoms with Crippen LogP contribution in [-0.4, -0.2) is 21.1 Å². The second kappa shape index (κ2) is 8.46. The van der Waals surface area contributed by atoms with Crippen molar-refractivity contribution in [1.29, 1.82) is 0 Å². The lowest BCUT2D eigenvalue weighted by Crippen LogP contribution is -2.22. The predicted octanol–water partition coefficient (Wildman–Crippen LogP) is 5.07. The van der Waals surface area contributed by atoms with Gasteiger partial charge in [-0.1, -0.05) is 6.07 Å². The van der Waals surface area contributed by atoms with Crippen molar-refractivity contribution in [3.8, 4) is 17.2 Å². The molecule has 2 heterocycles. The van der Waals surface area contributed by atoms with E-state index in [1.54, 1.807) is 4.90 Å². The van der Waals surface area contributed by atoms with Gasteiger partial charge in [-0.15, -0.1) is 21.5 Å². The molecule has 0 saturated carbocycles. The van der Waals surface area contributed by atoms with Crippen LogP contribution >= 0.6 is 11.3 Å². The van der Waals surface area contributed by atoms with E-state index in [1.165, 1.54) is 30.2 Å². The summed E-state index contributed by atoms with van der Waals surface area (Å²) in [7, 11) is 0. The predicted molar refractivity (Wildman–Crippen MR) is 115 cm³/mol. The summed E-state index contributed by atoms with van der Waals surface area (Å²) in [5, 5.41) is 10.1. The van der Waals surface area contributed by atoms with Gasteiger partial charge in [0.15, 0.2) is 5.13 Å². The zero-order valence-electron chi connectivity index (χ0n) is 16.8. The number of aromatic nitrogens is 3. The van der Waals surface area contributed by atoms with Gasteiger partial charge < -0.3 is 9.15 Å². The molecule has 4 rings (SSSR count). The summed E-state index contributed by atoms with van der Waals surface area (Å²) in [5.74, 6) is 1.07. The first-order valence-electron chi connectivity index (χ1n) is 9.33. The van der Waals surface area contributed by atoms with Crippen molar-refractivity contribution in [1.82, 2.24) is 15.2 Å². The zero-order chi connectivity index (χ0) is 21.1. The largest absolute Gasteiger partial charge is 0.487 e. The van der Waals surface area contributed by atoms with Crippen molar-refractivity contribution in [3.63, 3.8) is 0 Å². The van der Waals surface area contributed by atoms with Gasteiger partial charge in [0.2, 0.25) is 18.2 Å². The highest BCUT2D eigenvalue weighted by Gasteiger charge is 2.18. The van der Waals surface area contributed by atoms with Gasteiger partial charge in [-0.05, 0) is 61.4 Å². The lowest BCUT2D eigenvalue weighted by Gasteiger charge is -2.19. The third-order valence-electron chi connectivity index (χ3n) is 4.64. The first kappa shape index (κ1) is 19.8. The minimum atomic E-state index is -0.0864. The van der Waals surface area contributed by atoms with Crippen LogP contribution in [0.2, 0.25) is 0 Å². The Morgan fingerprint density at radius 2 is 1.93 bits per heavy atom. The summed E-state index contributed by atoms with van der Waals surface area (Å²) in [6.07, 6.45) is 1.29. The molecule has 8 heteroatoms. The standard InChI is InChI=1S/C22H20N4O3S/c1-14-4-7-19(10-15(14)2)26(16(3)27)22-24-18(12-30-22)11-28-20-8-5-17(6-9-20)21-25-23-13-29-21/h4-10,12-13H,11H2,1-3H3. The molecular weight excluding hydrogens is 400 g/mol. The van der Waals surface area contributed by atoms with E-state index in [0.29, 0.717) is 23.4 Å². The summed E-state index contributed by atoms with van der Waals surface area (Å²) < 4.78 is 11.0. The number of carbonyl (C=O) groups is 1. The van der Waals surface area contributed by atoms with Gasteiger partial charge in [0, 0.05) is 17.9 Å². The van der Waals surface area contributed by atoms with Gasteiger partial charge in [0.25, 0.3) is 0 Å². The molecule has 0 N–H and O–H groups in total. The topological polar surface area (TPSA) is 81.4 Å². The first-order valence-corrected chi connectivity index (χ1v) is 10.2. The third-order valence-corrected chi connectivity index (χ3v) is 5.52. The molecule has 0 spiro atoms. The van der Waals surface area contributed by atoms with E-state index in [9.17, 15) is 4.79 Å². The highest BCUT2D eigenvalue weighted by atomic mass is 32.1. The number of hydrogen-bond acceptors (Lipinski definition) is 7. The van der Waals surface area contributed by atoms with Gasteiger partial charge in [0.05, 0.1) is 11.4 Å². The van der Waals surface area contributed by atoms with Crippen molar-refractivity contribution in [2.24, 2.45) is 0 Å². The molecule has 2 aromatic carbocycles. The van der Waals surface area contributed by atoms with Crippen LogP contribution < -0.4 is 9.64 Å². The SMILES string of the molecule is CC(=O)N(c1ccc(C)c(C)c1)c1nc(COc2ccc(-c3nnco3)cc2)cs1. The Kier molecular flexibility index (Phi) is 5.58. The van der Waals surface area contributed by atoms with Crippen molar-refractivity contribution in [2.75, 3.05) is 4.90 Å². The molecule has 1 amide bonds. The molecule has 0 radical (unpaired) electrons. The summed E-state index contributed by atoms with van der Waals surface area (Å²) in [4.78, 5) is 18.5. The zero-order valence-corrected chi connectivity index (χ0v) is 17.6. The molecule has 0 aliphatic rings. The number of nitrogens with zero attached hydrogens (tertiary/aromatic N) is 4. The molecule has 2 aromatic heterocycles. The monoisotopic (exact) mass is 420 g/mol. The molecule has 152 valence electrons. The molecule has 0 saturated heterocycles. The van der Waals surface area contributed by atoms with Gasteiger partial charge >= 0.3 is 0 Å². The fourth-order valence-corrected chi connectivity index (χ4v) is 3.78. The highest BCUT2D eigenvalue weighted by molar-refractivity contribution is 7.14. The lowest BCUT2D eigenvalue weighted by atomic mass is 10.1. The number of thiazole rings is 1. The Hall–Kier alpha value is -3.52. The van der Waals surface area contributed by atoms with Crippen LogP contribution in [0.3, 0.4) is 0 Å². The van der Waals surface area contributed by atoms with Crippen LogP contribution in [0.4, 0.5) is 10.8 Å². The fourth-order valence-electron chi connectivity index (χ4n) is 2.91. The maximum Gasteiger partial charge on any atom is 0.247 e. The molecule has 0 aliphatic heterocycles. The van der Waals surface area contributed by atoms with Crippen molar-refractivity contribution in [2.45, 2.75) is 27.4 Å². The molecule has 0 atom stereocenters. The van der Waals surface area contributed by atoms with E-state index in [0.717, 1.165) is 22.5 Å². The fraction of sp³-hybridized carbons (Fsp3) is 0.182. The number of rotatable bonds is 6. The van der Waals surface area contributed by atoms with Gasteiger partial charge in [-0.2, -0.15) is 0 Å². The molecule has 0 unspecified atom stereocenters. The van der Waals surface area contributed by atoms with Crippen LogP contribution in [0.1, 0.15) is 23.7 Å². The van der Waals surface area contributed by atoms with Crippen LogP contribution in [0.15, 0.2) is 58.7 Å². The number of benzene rings is 2. The average molecular weight is 420 g/mol. The second-order valence-corrected chi connectivity index (χ2v) is 7.64. The maximum absolute atomic E-state index is 12.3. The molecular formula is C22H20N4O3S. The Labute approximate surface area is 178 Å². The van der Waals surface area contributed by atoms with Crippen LogP contribution in [-0.2, 0) is 11.4 Å². The van der Waals surface area contributed by atoms with Crippen LogP contribution in [0, 0.1) is 13.8 Å². The molecule has 0 bridgehead atoms. The number of carbonyl (C=O) groups excluding carboxylic acids is 1. The van der Waals surface area contributed by atoms with E-state index >= 15 is 0 Å². The van der Waals surface area contributed by atoms with Crippen LogP contribution in [0.25, 0.3) is 11.5 Å². The van der Waals surface area contributed by atoms with Crippen molar-refractivity contribution in [3.05, 3.63) is 71.1 Å². The average Bonchev–Trinajstić information content (AvgIpc) is 3.42. The first-order chi connectivity index (χ1) is 14.5. The summed E-state index contributed by atoms with van der Waals surface area (Å²) in [6, 6.07) is 13.3. The van der Waals surface area contributed by atoms with Gasteiger partial charge in [0.1, 0.15) is 12.4 Å². The van der Waals surface area contributed by atoms with E-state index in [1.807, 2.05) is 61.7 Å². The summed E-state index contributed by atoms with van der Waals surface area (Å²) in [6.45, 7) is 5.92. The Morgan fingerprint density at radius 1 is 1.13 bits per heavy atom. The third kappa shape index (κ3) is 4.23.